The molecule has 2 amide bonds. The summed E-state index contributed by atoms with van der Waals surface area (Å²) in [6, 6.07) is -0.563. The Morgan fingerprint density at radius 3 is 2.37 bits per heavy atom. The van der Waals surface area contributed by atoms with Crippen LogP contribution in [-0.2, 0) is 4.79 Å². The van der Waals surface area contributed by atoms with Crippen LogP contribution in [0.15, 0.2) is 0 Å². The number of hydrogen-bond donors (Lipinski definition) is 2. The van der Waals surface area contributed by atoms with E-state index in [-0.39, 0.29) is 6.03 Å². The SMILES string of the molecule is CC(NC(=O)N(C)CCN(C)C1CCCC1)C(=O)O. The lowest BCUT2D eigenvalue weighted by Gasteiger charge is -2.27. The van der Waals surface area contributed by atoms with Gasteiger partial charge in [0, 0.05) is 26.2 Å². The number of carboxylic acids is 1. The predicted octanol–water partition coefficient (Wildman–Crippen LogP) is 0.975. The van der Waals surface area contributed by atoms with E-state index in [0.29, 0.717) is 12.6 Å². The zero-order chi connectivity index (χ0) is 14.4. The fourth-order valence-electron chi connectivity index (χ4n) is 2.29. The van der Waals surface area contributed by atoms with Gasteiger partial charge in [-0.25, -0.2) is 4.79 Å². The normalized spacial score (nSPS) is 17.5. The minimum Gasteiger partial charge on any atom is -0.480 e. The fraction of sp³-hybridized carbons (Fsp3) is 0.846. The lowest BCUT2D eigenvalue weighted by molar-refractivity contribution is -0.138. The third-order valence-corrected chi connectivity index (χ3v) is 3.79. The molecule has 0 aromatic carbocycles. The van der Waals surface area contributed by atoms with Crippen LogP contribution in [0.1, 0.15) is 32.6 Å². The monoisotopic (exact) mass is 271 g/mol. The molecule has 0 heterocycles. The Balaban J connectivity index is 2.27. The summed E-state index contributed by atoms with van der Waals surface area (Å²) in [6.45, 7) is 2.87. The number of nitrogens with zero attached hydrogens (tertiary/aromatic N) is 2. The van der Waals surface area contributed by atoms with Gasteiger partial charge in [0.1, 0.15) is 6.04 Å². The van der Waals surface area contributed by atoms with E-state index in [1.54, 1.807) is 7.05 Å². The van der Waals surface area contributed by atoms with Crippen LogP contribution in [-0.4, -0.2) is 66.2 Å². The molecule has 19 heavy (non-hydrogen) atoms. The molecule has 6 nitrogen and oxygen atoms in total. The first-order chi connectivity index (χ1) is 8.91. The average molecular weight is 271 g/mol. The highest BCUT2D eigenvalue weighted by Crippen LogP contribution is 2.21. The number of nitrogens with one attached hydrogen (secondary N) is 1. The smallest absolute Gasteiger partial charge is 0.325 e. The largest absolute Gasteiger partial charge is 0.480 e. The maximum Gasteiger partial charge on any atom is 0.325 e. The Labute approximate surface area is 114 Å². The third kappa shape index (κ3) is 5.06. The van der Waals surface area contributed by atoms with Gasteiger partial charge in [-0.1, -0.05) is 12.8 Å². The van der Waals surface area contributed by atoms with Gasteiger partial charge in [0.25, 0.3) is 0 Å². The fourth-order valence-corrected chi connectivity index (χ4v) is 2.29. The highest BCUT2D eigenvalue weighted by molar-refractivity contribution is 5.82. The van der Waals surface area contributed by atoms with Crippen LogP contribution in [0, 0.1) is 0 Å². The van der Waals surface area contributed by atoms with E-state index in [4.69, 9.17) is 5.11 Å². The van der Waals surface area contributed by atoms with E-state index in [9.17, 15) is 9.59 Å². The van der Waals surface area contributed by atoms with Crippen molar-refractivity contribution in [1.82, 2.24) is 15.1 Å². The number of carbonyl (C=O) groups is 2. The Bertz CT molecular complexity index is 316. The third-order valence-electron chi connectivity index (χ3n) is 3.79. The summed E-state index contributed by atoms with van der Waals surface area (Å²) >= 11 is 0. The van der Waals surface area contributed by atoms with Crippen molar-refractivity contribution in [3.05, 3.63) is 0 Å². The van der Waals surface area contributed by atoms with Crippen molar-refractivity contribution >= 4 is 12.0 Å². The van der Waals surface area contributed by atoms with E-state index in [1.807, 2.05) is 0 Å². The van der Waals surface area contributed by atoms with Crippen LogP contribution in [0.4, 0.5) is 4.79 Å². The van der Waals surface area contributed by atoms with Crippen LogP contribution in [0.2, 0.25) is 0 Å². The molecule has 110 valence electrons. The second-order valence-corrected chi connectivity index (χ2v) is 5.35. The molecule has 1 saturated carbocycles. The van der Waals surface area contributed by atoms with Crippen LogP contribution >= 0.6 is 0 Å². The maximum atomic E-state index is 11.7. The number of carboxylic acid groups (broad SMARTS) is 1. The highest BCUT2D eigenvalue weighted by Gasteiger charge is 2.21. The van der Waals surface area contributed by atoms with E-state index in [1.165, 1.54) is 37.5 Å². The topological polar surface area (TPSA) is 72.9 Å². The molecule has 1 aliphatic rings. The molecule has 0 aromatic rings. The van der Waals surface area contributed by atoms with Gasteiger partial charge in [0.2, 0.25) is 0 Å². The van der Waals surface area contributed by atoms with E-state index >= 15 is 0 Å². The van der Waals surface area contributed by atoms with E-state index in [2.05, 4.69) is 17.3 Å². The number of urea groups is 1. The first-order valence-corrected chi connectivity index (χ1v) is 6.86. The molecule has 0 aromatic heterocycles. The summed E-state index contributed by atoms with van der Waals surface area (Å²) in [5.41, 5.74) is 0. The molecule has 1 fully saturated rings. The highest BCUT2D eigenvalue weighted by atomic mass is 16.4. The zero-order valence-electron chi connectivity index (χ0n) is 12.1. The van der Waals surface area contributed by atoms with Crippen molar-refractivity contribution in [2.24, 2.45) is 0 Å². The molecule has 1 aliphatic carbocycles. The number of carbonyl (C=O) groups excluding carboxylic acids is 1. The zero-order valence-corrected chi connectivity index (χ0v) is 12.1. The molecule has 1 atom stereocenters. The molecule has 0 aliphatic heterocycles. The average Bonchev–Trinajstić information content (AvgIpc) is 2.88. The van der Waals surface area contributed by atoms with Gasteiger partial charge in [-0.2, -0.15) is 0 Å². The van der Waals surface area contributed by atoms with Crippen molar-refractivity contribution in [2.45, 2.75) is 44.7 Å². The lowest BCUT2D eigenvalue weighted by Crippen LogP contribution is -2.47. The quantitative estimate of drug-likeness (QED) is 0.755. The first kappa shape index (κ1) is 15.8. The second-order valence-electron chi connectivity index (χ2n) is 5.35. The van der Waals surface area contributed by atoms with Gasteiger partial charge in [0.05, 0.1) is 0 Å². The van der Waals surface area contributed by atoms with Crippen LogP contribution in [0.3, 0.4) is 0 Å². The van der Waals surface area contributed by atoms with Crippen molar-refractivity contribution in [1.29, 1.82) is 0 Å². The Hall–Kier alpha value is -1.30. The summed E-state index contributed by atoms with van der Waals surface area (Å²) in [4.78, 5) is 26.2. The molecule has 1 unspecified atom stereocenters. The van der Waals surface area contributed by atoms with Gasteiger partial charge in [0.15, 0.2) is 0 Å². The van der Waals surface area contributed by atoms with Crippen LogP contribution < -0.4 is 5.32 Å². The summed E-state index contributed by atoms with van der Waals surface area (Å²) < 4.78 is 0. The Morgan fingerprint density at radius 2 is 1.84 bits per heavy atom. The van der Waals surface area contributed by atoms with Crippen molar-refractivity contribution in [3.8, 4) is 0 Å². The number of likely N-dealkylation sites (N-methyl/N-ethyl adjacent to an activating group) is 2. The molecule has 0 saturated heterocycles. The number of rotatable bonds is 6. The summed E-state index contributed by atoms with van der Waals surface area (Å²) in [6.07, 6.45) is 5.06. The Morgan fingerprint density at radius 1 is 1.26 bits per heavy atom. The Kier molecular flexibility index (Phi) is 6.08. The van der Waals surface area contributed by atoms with Crippen LogP contribution in [0.5, 0.6) is 0 Å². The minimum absolute atomic E-state index is 0.338. The number of amides is 2. The molecule has 0 radical (unpaired) electrons. The predicted molar refractivity (Wildman–Crippen MR) is 73.1 cm³/mol. The first-order valence-electron chi connectivity index (χ1n) is 6.86. The number of aliphatic carboxylic acids is 1. The van der Waals surface area contributed by atoms with Gasteiger partial charge < -0.3 is 20.2 Å². The summed E-state index contributed by atoms with van der Waals surface area (Å²) in [5, 5.41) is 11.2. The molecular formula is C13H25N3O3. The number of hydrogen-bond acceptors (Lipinski definition) is 3. The van der Waals surface area contributed by atoms with Crippen LogP contribution in [0.25, 0.3) is 0 Å². The molecular weight excluding hydrogens is 246 g/mol. The van der Waals surface area contributed by atoms with Crippen molar-refractivity contribution < 1.29 is 14.7 Å². The van der Waals surface area contributed by atoms with E-state index in [0.717, 1.165) is 6.54 Å². The lowest BCUT2D eigenvalue weighted by atomic mass is 10.2. The molecule has 0 spiro atoms. The van der Waals surface area contributed by atoms with Gasteiger partial charge in [-0.3, -0.25) is 4.79 Å². The second kappa shape index (κ2) is 7.33. The molecule has 1 rings (SSSR count). The summed E-state index contributed by atoms with van der Waals surface area (Å²) in [7, 11) is 3.77. The molecule has 2 N–H and O–H groups in total. The van der Waals surface area contributed by atoms with Gasteiger partial charge in [-0.05, 0) is 26.8 Å². The van der Waals surface area contributed by atoms with Crippen molar-refractivity contribution in [3.63, 3.8) is 0 Å². The van der Waals surface area contributed by atoms with Crippen molar-refractivity contribution in [2.75, 3.05) is 27.2 Å². The maximum absolute atomic E-state index is 11.7. The molecule has 6 heteroatoms. The van der Waals surface area contributed by atoms with Gasteiger partial charge >= 0.3 is 12.0 Å². The summed E-state index contributed by atoms with van der Waals surface area (Å²) in [5.74, 6) is -1.02. The van der Waals surface area contributed by atoms with E-state index < -0.39 is 12.0 Å². The molecule has 0 bridgehead atoms. The minimum atomic E-state index is -1.02. The standard InChI is InChI=1S/C13H25N3O3/c1-10(12(17)18)14-13(19)16(3)9-8-15(2)11-6-4-5-7-11/h10-11H,4-9H2,1-3H3,(H,14,19)(H,17,18). The van der Waals surface area contributed by atoms with Gasteiger partial charge in [-0.15, -0.1) is 0 Å².